The summed E-state index contributed by atoms with van der Waals surface area (Å²) < 4.78 is 5.82. The Morgan fingerprint density at radius 1 is 1.44 bits per heavy atom. The van der Waals surface area contributed by atoms with Crippen molar-refractivity contribution < 1.29 is 9.84 Å². The molecule has 0 bridgehead atoms. The molecule has 2 heterocycles. The van der Waals surface area contributed by atoms with Gasteiger partial charge in [0.1, 0.15) is 18.5 Å². The average molecular weight is 343 g/mol. The van der Waals surface area contributed by atoms with Crippen molar-refractivity contribution in [2.24, 2.45) is 0 Å². The largest absolute Gasteiger partial charge is 0.758 e. The Hall–Kier alpha value is -2.35. The van der Waals surface area contributed by atoms with Gasteiger partial charge in [0.05, 0.1) is 5.69 Å². The van der Waals surface area contributed by atoms with Crippen LogP contribution in [0.25, 0.3) is 11.6 Å². The van der Waals surface area contributed by atoms with E-state index in [1.54, 1.807) is 18.3 Å². The lowest BCUT2D eigenvalue weighted by Gasteiger charge is -2.24. The highest BCUT2D eigenvalue weighted by atomic mass is 16.5. The van der Waals surface area contributed by atoms with E-state index >= 15 is 0 Å². The van der Waals surface area contributed by atoms with E-state index in [9.17, 15) is 10.3 Å². The molecule has 2 aromatic rings. The van der Waals surface area contributed by atoms with Gasteiger partial charge >= 0.3 is 0 Å². The quantitative estimate of drug-likeness (QED) is 0.712. The molecule has 1 aromatic heterocycles. The van der Waals surface area contributed by atoms with Crippen LogP contribution in [0.4, 0.5) is 5.69 Å². The summed E-state index contributed by atoms with van der Waals surface area (Å²) in [5.74, 6) is 0.602. The van der Waals surface area contributed by atoms with Crippen molar-refractivity contribution in [1.29, 1.82) is 0 Å². The molecule has 0 aliphatic carbocycles. The third kappa shape index (κ3) is 4.19. The maximum Gasteiger partial charge on any atom is 0.129 e. The fourth-order valence-electron chi connectivity index (χ4n) is 2.76. The molecule has 134 valence electrons. The van der Waals surface area contributed by atoms with E-state index in [2.05, 4.69) is 15.5 Å². The Kier molecular flexibility index (Phi) is 5.37. The van der Waals surface area contributed by atoms with Crippen LogP contribution in [0.3, 0.4) is 0 Å². The van der Waals surface area contributed by atoms with Gasteiger partial charge in [-0.05, 0) is 29.8 Å². The summed E-state index contributed by atoms with van der Waals surface area (Å²) in [7, 11) is 0. The highest BCUT2D eigenvalue weighted by Crippen LogP contribution is 2.41. The second kappa shape index (κ2) is 7.69. The second-order valence-corrected chi connectivity index (χ2v) is 6.40. The zero-order chi connectivity index (χ0) is 17.8. The van der Waals surface area contributed by atoms with E-state index in [0.717, 1.165) is 21.9 Å². The molecule has 7 heteroatoms. The number of rotatable bonds is 7. The molecule has 1 atom stereocenters. The number of hydrogen-bond donors (Lipinski definition) is 3. The predicted octanol–water partition coefficient (Wildman–Crippen LogP) is 2.01. The van der Waals surface area contributed by atoms with Crippen molar-refractivity contribution in [2.45, 2.75) is 26.0 Å². The molecule has 0 amide bonds. The average Bonchev–Trinajstić information content (AvgIpc) is 3.20. The van der Waals surface area contributed by atoms with Crippen molar-refractivity contribution in [3.8, 4) is 5.75 Å². The first-order chi connectivity index (χ1) is 12.0. The number of aromatic amines is 1. The van der Waals surface area contributed by atoms with Crippen LogP contribution in [0.2, 0.25) is 0 Å². The Labute approximate surface area is 146 Å². The van der Waals surface area contributed by atoms with E-state index in [1.807, 2.05) is 32.1 Å². The standard InChI is InChI=1S/C18H23N4O3/c1-12(2)19-9-15(23)11-25-17-5-3-4-16-18(17)13(10-22(16)24)8-14-6-7-20-21-14/h3-8,12,15,19,23H,9-11H2,1-2H3,(H,20,21)/q-1. The Morgan fingerprint density at radius 2 is 2.28 bits per heavy atom. The molecule has 0 radical (unpaired) electrons. The SMILES string of the molecule is CC(C)NCC(O)COc1cccc2c1C(=Cc1ccn[nH]1)CN2[O-]. The molecular formula is C18H23N4O3-. The minimum atomic E-state index is -0.622. The summed E-state index contributed by atoms with van der Waals surface area (Å²) in [5, 5.41) is 33.2. The number of benzene rings is 1. The first-order valence-electron chi connectivity index (χ1n) is 8.37. The first-order valence-corrected chi connectivity index (χ1v) is 8.37. The van der Waals surface area contributed by atoms with Crippen molar-refractivity contribution >= 4 is 17.3 Å². The van der Waals surface area contributed by atoms with Gasteiger partial charge in [-0.25, -0.2) is 0 Å². The monoisotopic (exact) mass is 343 g/mol. The van der Waals surface area contributed by atoms with Crippen LogP contribution in [0, 0.1) is 5.21 Å². The number of anilines is 1. The maximum atomic E-state index is 12.2. The first kappa shape index (κ1) is 17.5. The third-order valence-electron chi connectivity index (χ3n) is 3.95. The zero-order valence-corrected chi connectivity index (χ0v) is 14.4. The van der Waals surface area contributed by atoms with Gasteiger partial charge in [0.2, 0.25) is 0 Å². The minimum absolute atomic E-state index is 0.159. The van der Waals surface area contributed by atoms with Crippen LogP contribution in [-0.4, -0.2) is 47.1 Å². The number of aliphatic hydroxyl groups excluding tert-OH is 1. The molecule has 7 nitrogen and oxygen atoms in total. The van der Waals surface area contributed by atoms with E-state index in [-0.39, 0.29) is 13.2 Å². The fourth-order valence-corrected chi connectivity index (χ4v) is 2.76. The van der Waals surface area contributed by atoms with Crippen molar-refractivity contribution in [2.75, 3.05) is 24.8 Å². The van der Waals surface area contributed by atoms with E-state index < -0.39 is 6.10 Å². The van der Waals surface area contributed by atoms with Gasteiger partial charge < -0.3 is 25.4 Å². The minimum Gasteiger partial charge on any atom is -0.758 e. The highest BCUT2D eigenvalue weighted by molar-refractivity contribution is 5.95. The number of hydrogen-bond acceptors (Lipinski definition) is 6. The predicted molar refractivity (Wildman–Crippen MR) is 98.3 cm³/mol. The van der Waals surface area contributed by atoms with Gasteiger partial charge in [-0.1, -0.05) is 19.9 Å². The zero-order valence-electron chi connectivity index (χ0n) is 14.4. The van der Waals surface area contributed by atoms with Gasteiger partial charge in [-0.2, -0.15) is 5.10 Å². The van der Waals surface area contributed by atoms with Crippen LogP contribution >= 0.6 is 0 Å². The summed E-state index contributed by atoms with van der Waals surface area (Å²) >= 11 is 0. The van der Waals surface area contributed by atoms with Gasteiger partial charge in [-0.15, -0.1) is 0 Å². The lowest BCUT2D eigenvalue weighted by atomic mass is 10.1. The lowest BCUT2D eigenvalue weighted by Crippen LogP contribution is -2.35. The van der Waals surface area contributed by atoms with Crippen LogP contribution in [0.5, 0.6) is 5.75 Å². The van der Waals surface area contributed by atoms with E-state index in [1.165, 1.54) is 0 Å². The van der Waals surface area contributed by atoms with Crippen LogP contribution < -0.4 is 15.1 Å². The summed E-state index contributed by atoms with van der Waals surface area (Å²) in [4.78, 5) is 0. The smallest absolute Gasteiger partial charge is 0.129 e. The number of nitrogens with one attached hydrogen (secondary N) is 2. The molecular weight excluding hydrogens is 320 g/mol. The summed E-state index contributed by atoms with van der Waals surface area (Å²) in [6, 6.07) is 7.52. The lowest BCUT2D eigenvalue weighted by molar-refractivity contribution is 0.104. The number of ether oxygens (including phenoxy) is 1. The van der Waals surface area contributed by atoms with Gasteiger partial charge in [0, 0.05) is 36.6 Å². The molecule has 25 heavy (non-hydrogen) atoms. The molecule has 0 saturated heterocycles. The van der Waals surface area contributed by atoms with Gasteiger partial charge in [0.25, 0.3) is 0 Å². The number of nitrogens with zero attached hydrogens (tertiary/aromatic N) is 2. The number of H-pyrrole nitrogens is 1. The summed E-state index contributed by atoms with van der Waals surface area (Å²) in [6.45, 7) is 4.91. The molecule has 0 spiro atoms. The summed E-state index contributed by atoms with van der Waals surface area (Å²) in [6.07, 6.45) is 2.94. The third-order valence-corrected chi connectivity index (χ3v) is 3.95. The van der Waals surface area contributed by atoms with Crippen molar-refractivity contribution in [3.63, 3.8) is 0 Å². The second-order valence-electron chi connectivity index (χ2n) is 6.40. The van der Waals surface area contributed by atoms with Gasteiger partial charge in [0.15, 0.2) is 0 Å². The summed E-state index contributed by atoms with van der Waals surface area (Å²) in [5.41, 5.74) is 3.04. The Balaban J connectivity index is 1.78. The fraction of sp³-hybridized carbons (Fsp3) is 0.389. The van der Waals surface area contributed by atoms with Crippen LogP contribution in [0.1, 0.15) is 25.1 Å². The number of fused-ring (bicyclic) bond motifs is 1. The van der Waals surface area contributed by atoms with Crippen LogP contribution in [-0.2, 0) is 0 Å². The van der Waals surface area contributed by atoms with E-state index in [4.69, 9.17) is 4.74 Å². The molecule has 1 aliphatic heterocycles. The topological polar surface area (TPSA) is 96.5 Å². The normalized spacial score (nSPS) is 16.5. The Morgan fingerprint density at radius 3 is 3.00 bits per heavy atom. The molecule has 0 fully saturated rings. The Bertz CT molecular complexity index is 728. The molecule has 1 aliphatic rings. The molecule has 1 aromatic carbocycles. The van der Waals surface area contributed by atoms with Crippen LogP contribution in [0.15, 0.2) is 30.5 Å². The maximum absolute atomic E-state index is 12.2. The van der Waals surface area contributed by atoms with Crippen molar-refractivity contribution in [1.82, 2.24) is 15.5 Å². The van der Waals surface area contributed by atoms with Crippen molar-refractivity contribution in [3.05, 3.63) is 46.9 Å². The van der Waals surface area contributed by atoms with Gasteiger partial charge in [-0.3, -0.25) is 5.10 Å². The van der Waals surface area contributed by atoms with E-state index in [0.29, 0.717) is 24.0 Å². The molecule has 1 unspecified atom stereocenters. The number of hydroxylamine groups is 1. The highest BCUT2D eigenvalue weighted by Gasteiger charge is 2.23. The molecule has 0 saturated carbocycles. The molecule has 3 rings (SSSR count). The number of aromatic nitrogens is 2. The number of aliphatic hydroxyl groups is 1. The molecule has 3 N–H and O–H groups in total.